The van der Waals surface area contributed by atoms with Crippen molar-refractivity contribution >= 4 is 67.2 Å². The molecule has 5 nitrogen and oxygen atoms in total. The van der Waals surface area contributed by atoms with Crippen molar-refractivity contribution in [3.8, 4) is 5.75 Å². The van der Waals surface area contributed by atoms with Gasteiger partial charge in [0.05, 0.1) is 20.0 Å². The fraction of sp³-hybridized carbons (Fsp3) is 0.0769. The summed E-state index contributed by atoms with van der Waals surface area (Å²) in [5, 5.41) is 3.23. The highest BCUT2D eigenvalue weighted by atomic mass is 79.9. The molecule has 9 heteroatoms. The van der Waals surface area contributed by atoms with Crippen molar-refractivity contribution in [1.29, 1.82) is 0 Å². The van der Waals surface area contributed by atoms with E-state index in [4.69, 9.17) is 27.9 Å². The Morgan fingerprint density at radius 1 is 1.41 bits per heavy atom. The van der Waals surface area contributed by atoms with E-state index >= 15 is 0 Å². The van der Waals surface area contributed by atoms with Crippen molar-refractivity contribution in [1.82, 2.24) is 15.3 Å². The van der Waals surface area contributed by atoms with Gasteiger partial charge in [-0.2, -0.15) is 0 Å². The molecule has 2 N–H and O–H groups in total. The highest BCUT2D eigenvalue weighted by Crippen LogP contribution is 2.42. The number of ether oxygens (including phenoxy) is 1. The Hall–Kier alpha value is -1.57. The lowest BCUT2D eigenvalue weighted by molar-refractivity contribution is 0.203. The van der Waals surface area contributed by atoms with E-state index in [0.717, 1.165) is 6.07 Å². The fourth-order valence-corrected chi connectivity index (χ4v) is 2.88. The summed E-state index contributed by atoms with van der Waals surface area (Å²) in [5.41, 5.74) is 0.731. The average Bonchev–Trinajstić information content (AvgIpc) is 2.88. The molecule has 1 aromatic carbocycles. The number of fused-ring (bicyclic) bond motifs is 3. The van der Waals surface area contributed by atoms with Gasteiger partial charge in [0.2, 0.25) is 0 Å². The van der Waals surface area contributed by atoms with Crippen LogP contribution in [0.1, 0.15) is 0 Å². The molecule has 0 radical (unpaired) electrons. The van der Waals surface area contributed by atoms with Crippen LogP contribution >= 0.6 is 39.1 Å². The minimum Gasteiger partial charge on any atom is -0.408 e. The SMILES string of the molecule is CNC(=O)Oc1cc(F)c(Cl)c2c1[nH]c1ncc(Br)c(Cl)c12. The van der Waals surface area contributed by atoms with E-state index in [2.05, 4.69) is 31.2 Å². The number of hydrogen-bond donors (Lipinski definition) is 2. The summed E-state index contributed by atoms with van der Waals surface area (Å²) in [6, 6.07) is 1.03. The molecule has 0 saturated heterocycles. The first-order chi connectivity index (χ1) is 10.4. The predicted molar refractivity (Wildman–Crippen MR) is 86.4 cm³/mol. The summed E-state index contributed by atoms with van der Waals surface area (Å²) in [4.78, 5) is 18.5. The molecule has 0 unspecified atom stereocenters. The van der Waals surface area contributed by atoms with Gasteiger partial charge in [0.1, 0.15) is 11.5 Å². The smallest absolute Gasteiger partial charge is 0.408 e. The molecular formula is C13H7BrCl2FN3O2. The van der Waals surface area contributed by atoms with Crippen LogP contribution in [-0.2, 0) is 0 Å². The molecule has 1 amide bonds. The Kier molecular flexibility index (Phi) is 3.88. The third kappa shape index (κ3) is 2.29. The lowest BCUT2D eigenvalue weighted by atomic mass is 10.2. The van der Waals surface area contributed by atoms with Crippen molar-refractivity contribution in [2.75, 3.05) is 7.05 Å². The van der Waals surface area contributed by atoms with E-state index in [1.807, 2.05) is 0 Å². The van der Waals surface area contributed by atoms with Crippen LogP contribution in [0.25, 0.3) is 21.9 Å². The Bertz CT molecular complexity index is 929. The normalized spacial score (nSPS) is 11.1. The van der Waals surface area contributed by atoms with Gasteiger partial charge in [0.15, 0.2) is 5.75 Å². The summed E-state index contributed by atoms with van der Waals surface area (Å²) >= 11 is 15.6. The zero-order valence-electron chi connectivity index (χ0n) is 10.9. The number of carbonyl (C=O) groups is 1. The molecule has 0 spiro atoms. The second-order valence-corrected chi connectivity index (χ2v) is 5.94. The summed E-state index contributed by atoms with van der Waals surface area (Å²) < 4.78 is 19.7. The quantitative estimate of drug-likeness (QED) is 0.618. The van der Waals surface area contributed by atoms with Gasteiger partial charge in [-0.05, 0) is 15.9 Å². The maximum Gasteiger partial charge on any atom is 0.412 e. The first kappa shape index (κ1) is 15.3. The van der Waals surface area contributed by atoms with Crippen LogP contribution < -0.4 is 10.1 Å². The molecule has 0 bridgehead atoms. The number of H-pyrrole nitrogens is 1. The number of amides is 1. The average molecular weight is 407 g/mol. The highest BCUT2D eigenvalue weighted by molar-refractivity contribution is 9.10. The van der Waals surface area contributed by atoms with Gasteiger partial charge in [-0.25, -0.2) is 14.2 Å². The van der Waals surface area contributed by atoms with Crippen LogP contribution in [0.3, 0.4) is 0 Å². The van der Waals surface area contributed by atoms with Gasteiger partial charge in [0, 0.05) is 30.1 Å². The number of carbonyl (C=O) groups excluding carboxylic acids is 1. The Morgan fingerprint density at radius 2 is 2.14 bits per heavy atom. The number of halogens is 4. The van der Waals surface area contributed by atoms with E-state index in [1.165, 1.54) is 13.2 Å². The Morgan fingerprint density at radius 3 is 2.82 bits per heavy atom. The lowest BCUT2D eigenvalue weighted by Crippen LogP contribution is -2.22. The first-order valence-corrected chi connectivity index (χ1v) is 7.52. The van der Waals surface area contributed by atoms with Crippen LogP contribution in [0.2, 0.25) is 10.0 Å². The molecule has 114 valence electrons. The molecule has 3 rings (SSSR count). The maximum atomic E-state index is 14.1. The van der Waals surface area contributed by atoms with Gasteiger partial charge in [0.25, 0.3) is 0 Å². The molecule has 2 heterocycles. The van der Waals surface area contributed by atoms with Crippen molar-refractivity contribution < 1.29 is 13.9 Å². The van der Waals surface area contributed by atoms with Crippen LogP contribution in [0, 0.1) is 5.82 Å². The Labute approximate surface area is 141 Å². The van der Waals surface area contributed by atoms with Gasteiger partial charge >= 0.3 is 6.09 Å². The molecule has 22 heavy (non-hydrogen) atoms. The standard InChI is InChI=1S/C13H7BrCl2FN3O2/c1-18-13(21)22-6-2-5(17)10(16)7-8-9(15)4(14)3-19-12(8)20-11(6)7/h2-3H,1H3,(H,18,21)(H,19,20). The third-order valence-electron chi connectivity index (χ3n) is 3.06. The zero-order valence-corrected chi connectivity index (χ0v) is 14.0. The molecule has 0 aliphatic heterocycles. The second kappa shape index (κ2) is 5.57. The topological polar surface area (TPSA) is 67.0 Å². The van der Waals surface area contributed by atoms with Crippen molar-refractivity contribution in [2.45, 2.75) is 0 Å². The molecule has 3 aromatic rings. The maximum absolute atomic E-state index is 14.1. The number of hydrogen-bond acceptors (Lipinski definition) is 3. The van der Waals surface area contributed by atoms with Crippen molar-refractivity contribution in [2.24, 2.45) is 0 Å². The van der Waals surface area contributed by atoms with Crippen molar-refractivity contribution in [3.63, 3.8) is 0 Å². The molecule has 0 atom stereocenters. The molecule has 0 fully saturated rings. The predicted octanol–water partition coefficient (Wildman–Crippen LogP) is 4.64. The summed E-state index contributed by atoms with van der Waals surface area (Å²) in [5.74, 6) is -0.744. The van der Waals surface area contributed by atoms with E-state index in [-0.39, 0.29) is 10.8 Å². The zero-order chi connectivity index (χ0) is 16.0. The van der Waals surface area contributed by atoms with Crippen molar-refractivity contribution in [3.05, 3.63) is 32.6 Å². The lowest BCUT2D eigenvalue weighted by Gasteiger charge is -2.07. The van der Waals surface area contributed by atoms with Crippen LogP contribution in [0.4, 0.5) is 9.18 Å². The van der Waals surface area contributed by atoms with Gasteiger partial charge in [-0.3, -0.25) is 0 Å². The first-order valence-electron chi connectivity index (χ1n) is 5.97. The van der Waals surface area contributed by atoms with Gasteiger partial charge < -0.3 is 15.0 Å². The van der Waals surface area contributed by atoms with Crippen LogP contribution in [0.15, 0.2) is 16.7 Å². The minimum absolute atomic E-state index is 0.0126. The second-order valence-electron chi connectivity index (χ2n) is 4.33. The van der Waals surface area contributed by atoms with E-state index in [0.29, 0.717) is 31.4 Å². The number of benzene rings is 1. The van der Waals surface area contributed by atoms with Crippen LogP contribution in [0.5, 0.6) is 5.75 Å². The Balaban J connectivity index is 2.43. The largest absolute Gasteiger partial charge is 0.412 e. The summed E-state index contributed by atoms with van der Waals surface area (Å²) in [6.07, 6.45) is 0.769. The molecule has 0 aliphatic rings. The van der Waals surface area contributed by atoms with E-state index in [9.17, 15) is 9.18 Å². The van der Waals surface area contributed by atoms with Gasteiger partial charge in [-0.1, -0.05) is 23.2 Å². The van der Waals surface area contributed by atoms with E-state index in [1.54, 1.807) is 0 Å². The van der Waals surface area contributed by atoms with E-state index < -0.39 is 11.9 Å². The number of aromatic amines is 1. The number of pyridine rings is 1. The molecule has 0 saturated carbocycles. The monoisotopic (exact) mass is 405 g/mol. The number of nitrogens with one attached hydrogen (secondary N) is 2. The number of rotatable bonds is 1. The van der Waals surface area contributed by atoms with Gasteiger partial charge in [-0.15, -0.1) is 0 Å². The molecule has 0 aliphatic carbocycles. The summed E-state index contributed by atoms with van der Waals surface area (Å²) in [6.45, 7) is 0. The number of aromatic nitrogens is 2. The molecule has 2 aromatic heterocycles. The third-order valence-corrected chi connectivity index (χ3v) is 4.65. The fourth-order valence-electron chi connectivity index (χ4n) is 2.10. The highest BCUT2D eigenvalue weighted by Gasteiger charge is 2.21. The minimum atomic E-state index is -0.734. The van der Waals surface area contributed by atoms with Crippen LogP contribution in [-0.4, -0.2) is 23.1 Å². The molecular weight excluding hydrogens is 400 g/mol. The summed E-state index contributed by atoms with van der Waals surface area (Å²) in [7, 11) is 1.40. The number of nitrogens with zero attached hydrogens (tertiary/aromatic N) is 1.